The van der Waals surface area contributed by atoms with Gasteiger partial charge in [-0.3, -0.25) is 9.78 Å². The first-order chi connectivity index (χ1) is 17.3. The van der Waals surface area contributed by atoms with Crippen molar-refractivity contribution in [3.05, 3.63) is 66.4 Å². The van der Waals surface area contributed by atoms with Crippen molar-refractivity contribution in [3.63, 3.8) is 0 Å². The Bertz CT molecular complexity index is 1530. The summed E-state index contributed by atoms with van der Waals surface area (Å²) < 4.78 is 27.8. The molecule has 186 valence electrons. The number of piperazine rings is 1. The monoisotopic (exact) mass is 505 g/mol. The maximum Gasteiger partial charge on any atom is 0.282 e. The molecule has 0 spiro atoms. The number of nitrogens with zero attached hydrogens (tertiary/aromatic N) is 6. The molecule has 5 rings (SSSR count). The van der Waals surface area contributed by atoms with Crippen LogP contribution in [0.3, 0.4) is 0 Å². The van der Waals surface area contributed by atoms with Crippen LogP contribution in [-0.4, -0.2) is 69.8 Å². The predicted molar refractivity (Wildman–Crippen MR) is 139 cm³/mol. The van der Waals surface area contributed by atoms with E-state index in [0.717, 1.165) is 21.1 Å². The molecule has 11 heteroatoms. The van der Waals surface area contributed by atoms with Gasteiger partial charge in [0.2, 0.25) is 21.8 Å². The summed E-state index contributed by atoms with van der Waals surface area (Å²) in [5.74, 6) is -0.134. The number of sulfonamides is 1. The molecule has 0 bridgehead atoms. The zero-order valence-electron chi connectivity index (χ0n) is 20.1. The largest absolute Gasteiger partial charge is 0.368 e. The van der Waals surface area contributed by atoms with Gasteiger partial charge in [0.1, 0.15) is 5.69 Å². The first kappa shape index (κ1) is 23.9. The van der Waals surface area contributed by atoms with E-state index in [1.807, 2.05) is 36.4 Å². The van der Waals surface area contributed by atoms with E-state index in [-0.39, 0.29) is 11.8 Å². The third kappa shape index (κ3) is 4.20. The molecule has 4 aromatic rings. The van der Waals surface area contributed by atoms with E-state index in [1.54, 1.807) is 42.5 Å². The highest BCUT2D eigenvalue weighted by molar-refractivity contribution is 7.89. The first-order valence-corrected chi connectivity index (χ1v) is 13.2. The van der Waals surface area contributed by atoms with Crippen molar-refractivity contribution in [1.82, 2.24) is 24.1 Å². The minimum Gasteiger partial charge on any atom is -0.368 e. The molecule has 0 unspecified atom stereocenters. The first-order valence-electron chi connectivity index (χ1n) is 11.7. The van der Waals surface area contributed by atoms with Crippen LogP contribution in [0.5, 0.6) is 0 Å². The molecule has 2 aromatic heterocycles. The molecule has 0 amide bonds. The van der Waals surface area contributed by atoms with Gasteiger partial charge >= 0.3 is 0 Å². The fourth-order valence-electron chi connectivity index (χ4n) is 4.42. The number of nitrogen functional groups attached to an aromatic ring is 1. The number of hydrogen-bond donors (Lipinski definition) is 1. The lowest BCUT2D eigenvalue weighted by Gasteiger charge is -2.36. The average molecular weight is 506 g/mol. The van der Waals surface area contributed by atoms with E-state index in [1.165, 1.54) is 0 Å². The van der Waals surface area contributed by atoms with Crippen molar-refractivity contribution in [2.75, 3.05) is 36.8 Å². The van der Waals surface area contributed by atoms with E-state index < -0.39 is 21.2 Å². The SMILES string of the molecule is CC(C)S(=O)(=O)N1CCN(c2ccc(C(=O)n3nc(-c4ccccn4)nc3N)c3ccccc23)CC1. The van der Waals surface area contributed by atoms with Crippen molar-refractivity contribution in [2.24, 2.45) is 0 Å². The number of carbonyl (C=O) groups excluding carboxylic acids is 1. The number of aromatic nitrogens is 4. The van der Waals surface area contributed by atoms with Crippen LogP contribution >= 0.6 is 0 Å². The highest BCUT2D eigenvalue weighted by Gasteiger charge is 2.30. The van der Waals surface area contributed by atoms with Crippen LogP contribution < -0.4 is 10.6 Å². The van der Waals surface area contributed by atoms with Crippen LogP contribution in [0.15, 0.2) is 60.8 Å². The molecule has 1 fully saturated rings. The average Bonchev–Trinajstić information content (AvgIpc) is 3.29. The maximum absolute atomic E-state index is 13.5. The lowest BCUT2D eigenvalue weighted by molar-refractivity contribution is 0.0949. The Hall–Kier alpha value is -3.83. The van der Waals surface area contributed by atoms with Crippen molar-refractivity contribution < 1.29 is 13.2 Å². The van der Waals surface area contributed by atoms with Crippen LogP contribution in [0.4, 0.5) is 11.6 Å². The molecule has 0 atom stereocenters. The van der Waals surface area contributed by atoms with Gasteiger partial charge < -0.3 is 10.6 Å². The minimum absolute atomic E-state index is 0.0173. The molecular weight excluding hydrogens is 478 g/mol. The summed E-state index contributed by atoms with van der Waals surface area (Å²) in [7, 11) is -3.29. The number of rotatable bonds is 5. The number of benzene rings is 2. The highest BCUT2D eigenvalue weighted by atomic mass is 32.2. The van der Waals surface area contributed by atoms with E-state index in [4.69, 9.17) is 5.73 Å². The van der Waals surface area contributed by atoms with Crippen LogP contribution in [-0.2, 0) is 10.0 Å². The van der Waals surface area contributed by atoms with Crippen molar-refractivity contribution >= 4 is 38.3 Å². The Morgan fingerprint density at radius 1 is 0.944 bits per heavy atom. The minimum atomic E-state index is -3.29. The molecule has 1 saturated heterocycles. The number of fused-ring (bicyclic) bond motifs is 1. The Balaban J connectivity index is 1.46. The van der Waals surface area contributed by atoms with Crippen LogP contribution in [0, 0.1) is 0 Å². The third-order valence-corrected chi connectivity index (χ3v) is 8.66. The molecular formula is C25H27N7O3S. The fraction of sp³-hybridized carbons (Fsp3) is 0.280. The standard InChI is InChI=1S/C25H27N7O3S/c1-17(2)36(34,35)31-15-13-30(14-16-31)22-11-10-20(18-7-3-4-8-19(18)22)24(33)32-25(26)28-23(29-32)21-9-5-6-12-27-21/h3-12,17H,13-16H2,1-2H3,(H2,26,28,29). The van der Waals surface area contributed by atoms with E-state index >= 15 is 0 Å². The zero-order chi connectivity index (χ0) is 25.4. The van der Waals surface area contributed by atoms with Gasteiger partial charge in [-0.15, -0.1) is 5.10 Å². The van der Waals surface area contributed by atoms with Crippen molar-refractivity contribution in [3.8, 4) is 11.5 Å². The smallest absolute Gasteiger partial charge is 0.282 e. The Labute approximate surface area is 209 Å². The summed E-state index contributed by atoms with van der Waals surface area (Å²) in [6.07, 6.45) is 1.62. The van der Waals surface area contributed by atoms with Crippen LogP contribution in [0.25, 0.3) is 22.3 Å². The molecule has 10 nitrogen and oxygen atoms in total. The lowest BCUT2D eigenvalue weighted by atomic mass is 10.0. The van der Waals surface area contributed by atoms with E-state index in [2.05, 4.69) is 20.0 Å². The second kappa shape index (κ2) is 9.32. The molecule has 3 heterocycles. The molecule has 2 aromatic carbocycles. The number of nitrogens with two attached hydrogens (primary N) is 1. The number of hydrogen-bond acceptors (Lipinski definition) is 8. The van der Waals surface area contributed by atoms with Gasteiger partial charge in [-0.1, -0.05) is 30.3 Å². The lowest BCUT2D eigenvalue weighted by Crippen LogP contribution is -2.50. The number of carbonyl (C=O) groups is 1. The third-order valence-electron chi connectivity index (χ3n) is 6.38. The number of pyridine rings is 1. The fourth-order valence-corrected chi connectivity index (χ4v) is 5.69. The van der Waals surface area contributed by atoms with Gasteiger partial charge in [-0.05, 0) is 43.5 Å². The van der Waals surface area contributed by atoms with E-state index in [0.29, 0.717) is 37.4 Å². The molecule has 0 saturated carbocycles. The van der Waals surface area contributed by atoms with Gasteiger partial charge in [-0.2, -0.15) is 14.0 Å². The summed E-state index contributed by atoms with van der Waals surface area (Å²) in [4.78, 5) is 24.1. The summed E-state index contributed by atoms with van der Waals surface area (Å²) in [5.41, 5.74) is 7.97. The Morgan fingerprint density at radius 3 is 2.31 bits per heavy atom. The summed E-state index contributed by atoms with van der Waals surface area (Å²) in [6.45, 7) is 5.36. The molecule has 36 heavy (non-hydrogen) atoms. The van der Waals surface area contributed by atoms with Gasteiger partial charge in [0, 0.05) is 49.0 Å². The summed E-state index contributed by atoms with van der Waals surface area (Å²) in [6, 6.07) is 16.6. The molecule has 0 aliphatic carbocycles. The Morgan fingerprint density at radius 2 is 1.64 bits per heavy atom. The van der Waals surface area contributed by atoms with Crippen molar-refractivity contribution in [2.45, 2.75) is 19.1 Å². The summed E-state index contributed by atoms with van der Waals surface area (Å²) in [5, 5.41) is 5.52. The molecule has 1 aliphatic heterocycles. The van der Waals surface area contributed by atoms with Crippen molar-refractivity contribution in [1.29, 1.82) is 0 Å². The van der Waals surface area contributed by atoms with E-state index in [9.17, 15) is 13.2 Å². The predicted octanol–water partition coefficient (Wildman–Crippen LogP) is 2.62. The Kier molecular flexibility index (Phi) is 6.19. The summed E-state index contributed by atoms with van der Waals surface area (Å²) >= 11 is 0. The topological polar surface area (TPSA) is 127 Å². The second-order valence-electron chi connectivity index (χ2n) is 8.88. The molecule has 1 aliphatic rings. The van der Waals surface area contributed by atoms with Crippen LogP contribution in [0.2, 0.25) is 0 Å². The molecule has 0 radical (unpaired) electrons. The van der Waals surface area contributed by atoms with Gasteiger partial charge in [0.05, 0.1) is 5.25 Å². The van der Waals surface area contributed by atoms with Gasteiger partial charge in [0.15, 0.2) is 0 Å². The second-order valence-corrected chi connectivity index (χ2v) is 11.4. The quantitative estimate of drug-likeness (QED) is 0.439. The normalized spacial score (nSPS) is 15.0. The number of anilines is 2. The highest BCUT2D eigenvalue weighted by Crippen LogP contribution is 2.31. The van der Waals surface area contributed by atoms with Gasteiger partial charge in [-0.25, -0.2) is 8.42 Å². The molecule has 2 N–H and O–H groups in total. The zero-order valence-corrected chi connectivity index (χ0v) is 20.9. The van der Waals surface area contributed by atoms with Gasteiger partial charge in [0.25, 0.3) is 5.91 Å². The van der Waals surface area contributed by atoms with Crippen LogP contribution in [0.1, 0.15) is 24.2 Å². The maximum atomic E-state index is 13.5.